The predicted molar refractivity (Wildman–Crippen MR) is 88.8 cm³/mol. The Morgan fingerprint density at radius 2 is 1.62 bits per heavy atom. The van der Waals surface area contributed by atoms with Gasteiger partial charge in [0.1, 0.15) is 0 Å². The van der Waals surface area contributed by atoms with Crippen LogP contribution in [0.25, 0.3) is 0 Å². The molecule has 0 heterocycles. The Labute approximate surface area is 140 Å². The summed E-state index contributed by atoms with van der Waals surface area (Å²) in [5.74, 6) is -1.60. The fourth-order valence-corrected chi connectivity index (χ4v) is 2.93. The van der Waals surface area contributed by atoms with Crippen LogP contribution >= 0.6 is 0 Å². The predicted octanol–water partition coefficient (Wildman–Crippen LogP) is 1.61. The van der Waals surface area contributed by atoms with Gasteiger partial charge in [0.25, 0.3) is 5.91 Å². The number of carbonyl (C=O) groups is 2. The van der Waals surface area contributed by atoms with Gasteiger partial charge in [0, 0.05) is 11.8 Å². The summed E-state index contributed by atoms with van der Waals surface area (Å²) in [4.78, 5) is 23.7. The van der Waals surface area contributed by atoms with Crippen LogP contribution in [0.15, 0.2) is 54.6 Å². The highest BCUT2D eigenvalue weighted by Crippen LogP contribution is 2.19. The Bertz CT molecular complexity index is 829. The summed E-state index contributed by atoms with van der Waals surface area (Å²) in [6.07, 6.45) is -0.0543. The summed E-state index contributed by atoms with van der Waals surface area (Å²) in [5.41, 5.74) is 6.55. The van der Waals surface area contributed by atoms with Crippen molar-refractivity contribution in [2.75, 3.05) is 6.26 Å². The second kappa shape index (κ2) is 7.27. The summed E-state index contributed by atoms with van der Waals surface area (Å²) >= 11 is 0. The second-order valence-corrected chi connectivity index (χ2v) is 7.51. The van der Waals surface area contributed by atoms with Gasteiger partial charge in [-0.15, -0.1) is 0 Å². The maximum absolute atomic E-state index is 12.2. The molecule has 0 aromatic heterocycles. The molecule has 2 aromatic carbocycles. The Morgan fingerprint density at radius 1 is 1.04 bits per heavy atom. The van der Waals surface area contributed by atoms with Gasteiger partial charge in [0.15, 0.2) is 9.84 Å². The SMILES string of the molecule is CS(=O)(=O)Cc1ccc(C(=O)O[C@H](C(N)=O)c2ccccc2)cc1. The highest BCUT2D eigenvalue weighted by Gasteiger charge is 2.23. The largest absolute Gasteiger partial charge is 0.444 e. The third-order valence-electron chi connectivity index (χ3n) is 3.20. The first-order valence-corrected chi connectivity index (χ1v) is 9.14. The van der Waals surface area contributed by atoms with Crippen LogP contribution in [-0.4, -0.2) is 26.6 Å². The average Bonchev–Trinajstić information content (AvgIpc) is 2.52. The fourth-order valence-electron chi connectivity index (χ4n) is 2.13. The first-order valence-electron chi connectivity index (χ1n) is 7.08. The Morgan fingerprint density at radius 3 is 2.12 bits per heavy atom. The van der Waals surface area contributed by atoms with Crippen molar-refractivity contribution in [1.82, 2.24) is 0 Å². The van der Waals surface area contributed by atoms with Gasteiger partial charge in [-0.2, -0.15) is 0 Å². The molecule has 2 rings (SSSR count). The molecule has 7 heteroatoms. The molecule has 1 atom stereocenters. The highest BCUT2D eigenvalue weighted by atomic mass is 32.2. The molecular weight excluding hydrogens is 330 g/mol. The van der Waals surface area contributed by atoms with E-state index in [1.165, 1.54) is 24.3 Å². The van der Waals surface area contributed by atoms with Crippen LogP contribution in [0, 0.1) is 0 Å². The van der Waals surface area contributed by atoms with Crippen molar-refractivity contribution in [2.24, 2.45) is 5.73 Å². The molecule has 6 nitrogen and oxygen atoms in total. The number of primary amides is 1. The van der Waals surface area contributed by atoms with Crippen LogP contribution < -0.4 is 5.73 Å². The summed E-state index contributed by atoms with van der Waals surface area (Å²) in [7, 11) is -3.15. The van der Waals surface area contributed by atoms with Crippen molar-refractivity contribution < 1.29 is 22.7 Å². The minimum Gasteiger partial charge on any atom is -0.444 e. The lowest BCUT2D eigenvalue weighted by molar-refractivity contribution is -0.127. The molecule has 24 heavy (non-hydrogen) atoms. The van der Waals surface area contributed by atoms with Gasteiger partial charge in [-0.1, -0.05) is 42.5 Å². The molecule has 1 amide bonds. The lowest BCUT2D eigenvalue weighted by atomic mass is 10.1. The van der Waals surface area contributed by atoms with Crippen LogP contribution in [0.2, 0.25) is 0 Å². The van der Waals surface area contributed by atoms with E-state index in [4.69, 9.17) is 10.5 Å². The molecule has 0 aliphatic rings. The normalized spacial score (nSPS) is 12.4. The summed E-state index contributed by atoms with van der Waals surface area (Å²) in [5, 5.41) is 0. The van der Waals surface area contributed by atoms with E-state index in [0.717, 1.165) is 6.26 Å². The first kappa shape index (κ1) is 17.7. The number of rotatable bonds is 6. The number of amides is 1. The van der Waals surface area contributed by atoms with Gasteiger partial charge in [-0.05, 0) is 17.7 Å². The molecule has 0 radical (unpaired) electrons. The maximum atomic E-state index is 12.2. The zero-order valence-corrected chi connectivity index (χ0v) is 13.8. The Balaban J connectivity index is 2.14. The van der Waals surface area contributed by atoms with E-state index < -0.39 is 27.8 Å². The van der Waals surface area contributed by atoms with Crippen molar-refractivity contribution in [3.8, 4) is 0 Å². The van der Waals surface area contributed by atoms with Gasteiger partial charge in [0.2, 0.25) is 6.10 Å². The number of carbonyl (C=O) groups excluding carboxylic acids is 2. The van der Waals surface area contributed by atoms with E-state index >= 15 is 0 Å². The number of benzene rings is 2. The van der Waals surface area contributed by atoms with Crippen molar-refractivity contribution in [3.05, 3.63) is 71.3 Å². The van der Waals surface area contributed by atoms with E-state index in [-0.39, 0.29) is 11.3 Å². The van der Waals surface area contributed by atoms with E-state index in [1.807, 2.05) is 0 Å². The van der Waals surface area contributed by atoms with Crippen molar-refractivity contribution in [2.45, 2.75) is 11.9 Å². The second-order valence-electron chi connectivity index (χ2n) is 5.37. The van der Waals surface area contributed by atoms with Crippen molar-refractivity contribution in [3.63, 3.8) is 0 Å². The third-order valence-corrected chi connectivity index (χ3v) is 4.06. The van der Waals surface area contributed by atoms with Crippen LogP contribution in [0.4, 0.5) is 0 Å². The van der Waals surface area contributed by atoms with Crippen LogP contribution in [0.1, 0.15) is 27.6 Å². The summed E-state index contributed by atoms with van der Waals surface area (Å²) < 4.78 is 27.7. The molecule has 0 aliphatic heterocycles. The smallest absolute Gasteiger partial charge is 0.339 e. The Kier molecular flexibility index (Phi) is 5.35. The minimum atomic E-state index is -3.15. The number of hydrogen-bond acceptors (Lipinski definition) is 5. The number of nitrogens with two attached hydrogens (primary N) is 1. The van der Waals surface area contributed by atoms with Crippen LogP contribution in [-0.2, 0) is 25.1 Å². The molecule has 0 unspecified atom stereocenters. The van der Waals surface area contributed by atoms with E-state index in [1.54, 1.807) is 30.3 Å². The lowest BCUT2D eigenvalue weighted by Gasteiger charge is -2.15. The number of esters is 1. The van der Waals surface area contributed by atoms with E-state index in [9.17, 15) is 18.0 Å². The van der Waals surface area contributed by atoms with E-state index in [2.05, 4.69) is 0 Å². The van der Waals surface area contributed by atoms with Crippen molar-refractivity contribution >= 4 is 21.7 Å². The first-order chi connectivity index (χ1) is 11.3. The molecule has 0 saturated heterocycles. The van der Waals surface area contributed by atoms with E-state index in [0.29, 0.717) is 11.1 Å². The molecule has 0 fully saturated rings. The summed E-state index contributed by atoms with van der Waals surface area (Å²) in [6.45, 7) is 0. The molecule has 0 saturated carbocycles. The quantitative estimate of drug-likeness (QED) is 0.800. The van der Waals surface area contributed by atoms with Crippen LogP contribution in [0.3, 0.4) is 0 Å². The number of hydrogen-bond donors (Lipinski definition) is 1. The monoisotopic (exact) mass is 347 g/mol. The molecular formula is C17H17NO5S. The average molecular weight is 347 g/mol. The van der Waals surface area contributed by atoms with Gasteiger partial charge >= 0.3 is 5.97 Å². The highest BCUT2D eigenvalue weighted by molar-refractivity contribution is 7.89. The third kappa shape index (κ3) is 4.92. The molecule has 0 aliphatic carbocycles. The topological polar surface area (TPSA) is 104 Å². The zero-order valence-electron chi connectivity index (χ0n) is 13.0. The zero-order chi connectivity index (χ0) is 17.7. The van der Waals surface area contributed by atoms with Gasteiger partial charge < -0.3 is 10.5 Å². The minimum absolute atomic E-state index is 0.115. The molecule has 126 valence electrons. The molecule has 0 bridgehead atoms. The number of sulfone groups is 1. The summed E-state index contributed by atoms with van der Waals surface area (Å²) in [6, 6.07) is 14.4. The fraction of sp³-hybridized carbons (Fsp3) is 0.176. The van der Waals surface area contributed by atoms with Crippen LogP contribution in [0.5, 0.6) is 0 Å². The molecule has 2 N–H and O–H groups in total. The van der Waals surface area contributed by atoms with Gasteiger partial charge in [0.05, 0.1) is 11.3 Å². The molecule has 2 aromatic rings. The van der Waals surface area contributed by atoms with Gasteiger partial charge in [-0.25, -0.2) is 13.2 Å². The molecule has 0 spiro atoms. The van der Waals surface area contributed by atoms with Gasteiger partial charge in [-0.3, -0.25) is 4.79 Å². The Hall–Kier alpha value is -2.67. The lowest BCUT2D eigenvalue weighted by Crippen LogP contribution is -2.26. The van der Waals surface area contributed by atoms with Crippen molar-refractivity contribution in [1.29, 1.82) is 0 Å². The standard InChI is InChI=1S/C17H17NO5S/c1-24(21,22)11-12-7-9-14(10-8-12)17(20)23-15(16(18)19)13-5-3-2-4-6-13/h2-10,15H,11H2,1H3,(H2,18,19)/t15-/m0/s1. The maximum Gasteiger partial charge on any atom is 0.339 e. The number of ether oxygens (including phenoxy) is 1.